The van der Waals surface area contributed by atoms with Crippen LogP contribution in [-0.2, 0) is 4.79 Å². The average molecular weight is 233 g/mol. The third kappa shape index (κ3) is 1.55. The molecule has 1 aromatic carbocycles. The minimum Gasteiger partial charge on any atom is -0.304 e. The van der Waals surface area contributed by atoms with Crippen LogP contribution < -0.4 is 4.90 Å². The summed E-state index contributed by atoms with van der Waals surface area (Å²) in [6.07, 6.45) is 3.35. The monoisotopic (exact) mass is 233 g/mol. The quantitative estimate of drug-likeness (QED) is 0.734. The Balaban J connectivity index is 1.96. The summed E-state index contributed by atoms with van der Waals surface area (Å²) in [5.74, 6) is -0.984. The van der Waals surface area contributed by atoms with Gasteiger partial charge >= 0.3 is 0 Å². The molecule has 2 aliphatic rings. The van der Waals surface area contributed by atoms with Gasteiger partial charge in [0.2, 0.25) is 0 Å². The number of Topliss-reactive ketones (excluding diaryl/α,β-unsaturated/α-hetero) is 1. The van der Waals surface area contributed by atoms with Gasteiger partial charge in [0.1, 0.15) is 5.82 Å². The Morgan fingerprint density at radius 3 is 2.71 bits per heavy atom. The van der Waals surface area contributed by atoms with Crippen LogP contribution in [0.3, 0.4) is 0 Å². The van der Waals surface area contributed by atoms with Crippen LogP contribution in [0.4, 0.5) is 10.1 Å². The number of hydrogen-bond donors (Lipinski definition) is 0. The number of ketones is 1. The molecule has 1 aliphatic heterocycles. The van der Waals surface area contributed by atoms with E-state index in [9.17, 15) is 14.0 Å². The lowest BCUT2D eigenvalue weighted by molar-refractivity contribution is -0.114. The maximum absolute atomic E-state index is 13.2. The predicted molar refractivity (Wildman–Crippen MR) is 60.4 cm³/mol. The van der Waals surface area contributed by atoms with Gasteiger partial charge in [0.05, 0.1) is 11.3 Å². The Hall–Kier alpha value is -1.71. The summed E-state index contributed by atoms with van der Waals surface area (Å²) in [7, 11) is 0. The molecule has 0 bridgehead atoms. The van der Waals surface area contributed by atoms with E-state index in [-0.39, 0.29) is 0 Å². The Morgan fingerprint density at radius 2 is 2.06 bits per heavy atom. The zero-order valence-corrected chi connectivity index (χ0v) is 9.28. The van der Waals surface area contributed by atoms with Crippen molar-refractivity contribution in [1.82, 2.24) is 0 Å². The van der Waals surface area contributed by atoms with Gasteiger partial charge in [-0.25, -0.2) is 4.39 Å². The second-order valence-electron chi connectivity index (χ2n) is 4.70. The van der Waals surface area contributed by atoms with Gasteiger partial charge in [-0.2, -0.15) is 0 Å². The van der Waals surface area contributed by atoms with E-state index in [4.69, 9.17) is 0 Å². The molecular formula is C13H12FNO2. The zero-order chi connectivity index (χ0) is 12.0. The summed E-state index contributed by atoms with van der Waals surface area (Å²) in [4.78, 5) is 24.9. The van der Waals surface area contributed by atoms with E-state index in [1.54, 1.807) is 0 Å². The molecule has 0 aromatic heterocycles. The molecule has 0 unspecified atom stereocenters. The second kappa shape index (κ2) is 3.65. The van der Waals surface area contributed by atoms with Crippen molar-refractivity contribution in [2.45, 2.75) is 19.3 Å². The molecule has 88 valence electrons. The number of carbonyl (C=O) groups is 2. The predicted octanol–water partition coefficient (Wildman–Crippen LogP) is 2.16. The van der Waals surface area contributed by atoms with Gasteiger partial charge in [-0.15, -0.1) is 0 Å². The lowest BCUT2D eigenvalue weighted by atomic mass is 9.85. The second-order valence-corrected chi connectivity index (χ2v) is 4.70. The molecule has 17 heavy (non-hydrogen) atoms. The van der Waals surface area contributed by atoms with E-state index < -0.39 is 17.5 Å². The van der Waals surface area contributed by atoms with E-state index in [1.807, 2.05) is 0 Å². The minimum absolute atomic E-state index is 0.329. The lowest BCUT2D eigenvalue weighted by Crippen LogP contribution is -2.36. The molecule has 1 amide bonds. The van der Waals surface area contributed by atoms with Crippen LogP contribution in [0.15, 0.2) is 18.2 Å². The third-order valence-corrected chi connectivity index (χ3v) is 3.60. The van der Waals surface area contributed by atoms with Crippen LogP contribution >= 0.6 is 0 Å². The topological polar surface area (TPSA) is 37.4 Å². The van der Waals surface area contributed by atoms with Gasteiger partial charge in [-0.3, -0.25) is 9.59 Å². The van der Waals surface area contributed by atoms with E-state index in [0.717, 1.165) is 12.8 Å². The first-order valence-corrected chi connectivity index (χ1v) is 5.82. The number of anilines is 1. The van der Waals surface area contributed by atoms with Crippen molar-refractivity contribution in [3.05, 3.63) is 29.6 Å². The highest BCUT2D eigenvalue weighted by molar-refractivity contribution is 6.52. The van der Waals surface area contributed by atoms with Crippen molar-refractivity contribution in [3.8, 4) is 0 Å². The largest absolute Gasteiger partial charge is 0.304 e. The van der Waals surface area contributed by atoms with Crippen molar-refractivity contribution >= 4 is 17.4 Å². The van der Waals surface area contributed by atoms with Gasteiger partial charge in [-0.05, 0) is 37.0 Å². The molecule has 0 saturated heterocycles. The zero-order valence-electron chi connectivity index (χ0n) is 9.28. The van der Waals surface area contributed by atoms with Crippen LogP contribution in [0.1, 0.15) is 29.6 Å². The average Bonchev–Trinajstić information content (AvgIpc) is 2.47. The molecule has 1 fully saturated rings. The van der Waals surface area contributed by atoms with Crippen LogP contribution in [-0.4, -0.2) is 18.2 Å². The summed E-state index contributed by atoms with van der Waals surface area (Å²) in [5.41, 5.74) is 0.766. The fourth-order valence-electron chi connectivity index (χ4n) is 2.38. The van der Waals surface area contributed by atoms with Crippen LogP contribution in [0.2, 0.25) is 0 Å². The molecular weight excluding hydrogens is 221 g/mol. The van der Waals surface area contributed by atoms with E-state index >= 15 is 0 Å². The summed E-state index contributed by atoms with van der Waals surface area (Å²) >= 11 is 0. The van der Waals surface area contributed by atoms with E-state index in [0.29, 0.717) is 23.7 Å². The number of amides is 1. The number of benzene rings is 1. The first-order chi connectivity index (χ1) is 8.16. The van der Waals surface area contributed by atoms with Gasteiger partial charge in [0.15, 0.2) is 0 Å². The SMILES string of the molecule is O=C1C(=O)N(CC2CCC2)c2cc(F)ccc21. The minimum atomic E-state index is -0.516. The Labute approximate surface area is 98.2 Å². The Kier molecular flexibility index (Phi) is 2.24. The Morgan fingerprint density at radius 1 is 1.29 bits per heavy atom. The van der Waals surface area contributed by atoms with Crippen LogP contribution in [0.5, 0.6) is 0 Å². The maximum Gasteiger partial charge on any atom is 0.299 e. The molecule has 0 radical (unpaired) electrons. The van der Waals surface area contributed by atoms with Crippen LogP contribution in [0, 0.1) is 11.7 Å². The molecule has 0 atom stereocenters. The highest BCUT2D eigenvalue weighted by Gasteiger charge is 2.37. The number of carbonyl (C=O) groups excluding carboxylic acids is 2. The van der Waals surface area contributed by atoms with Gasteiger partial charge in [0.25, 0.3) is 11.7 Å². The number of nitrogens with zero attached hydrogens (tertiary/aromatic N) is 1. The number of halogens is 1. The lowest BCUT2D eigenvalue weighted by Gasteiger charge is -2.29. The fraction of sp³-hybridized carbons (Fsp3) is 0.385. The van der Waals surface area contributed by atoms with Gasteiger partial charge < -0.3 is 4.90 Å². The number of fused-ring (bicyclic) bond motifs is 1. The van der Waals surface area contributed by atoms with Gasteiger partial charge in [0, 0.05) is 6.54 Å². The van der Waals surface area contributed by atoms with E-state index in [1.165, 1.54) is 29.5 Å². The molecule has 0 N–H and O–H groups in total. The number of rotatable bonds is 2. The summed E-state index contributed by atoms with van der Waals surface area (Å²) in [5, 5.41) is 0. The summed E-state index contributed by atoms with van der Waals surface area (Å²) in [6.45, 7) is 0.543. The number of hydrogen-bond acceptors (Lipinski definition) is 2. The van der Waals surface area contributed by atoms with Crippen molar-refractivity contribution in [2.24, 2.45) is 5.92 Å². The van der Waals surface area contributed by atoms with Crippen molar-refractivity contribution in [1.29, 1.82) is 0 Å². The first kappa shape index (κ1) is 10.4. The van der Waals surface area contributed by atoms with E-state index in [2.05, 4.69) is 0 Å². The van der Waals surface area contributed by atoms with Crippen molar-refractivity contribution in [2.75, 3.05) is 11.4 Å². The molecule has 1 aromatic rings. The third-order valence-electron chi connectivity index (χ3n) is 3.60. The standard InChI is InChI=1S/C13H12FNO2/c14-9-4-5-10-11(6-9)15(13(17)12(10)16)7-8-2-1-3-8/h4-6,8H,1-3,7H2. The molecule has 0 spiro atoms. The summed E-state index contributed by atoms with van der Waals surface area (Å²) < 4.78 is 13.2. The van der Waals surface area contributed by atoms with Crippen molar-refractivity contribution < 1.29 is 14.0 Å². The highest BCUT2D eigenvalue weighted by atomic mass is 19.1. The smallest absolute Gasteiger partial charge is 0.299 e. The summed E-state index contributed by atoms with van der Waals surface area (Å²) in [6, 6.07) is 3.89. The molecule has 1 heterocycles. The molecule has 1 saturated carbocycles. The Bertz CT molecular complexity index is 508. The molecule has 3 rings (SSSR count). The molecule has 3 nitrogen and oxygen atoms in total. The van der Waals surface area contributed by atoms with Gasteiger partial charge in [-0.1, -0.05) is 6.42 Å². The first-order valence-electron chi connectivity index (χ1n) is 5.82. The molecule has 1 aliphatic carbocycles. The molecule has 4 heteroatoms. The van der Waals surface area contributed by atoms with Crippen LogP contribution in [0.25, 0.3) is 0 Å². The normalized spacial score (nSPS) is 19.5. The maximum atomic E-state index is 13.2. The fourth-order valence-corrected chi connectivity index (χ4v) is 2.38. The van der Waals surface area contributed by atoms with Crippen molar-refractivity contribution in [3.63, 3.8) is 0 Å². The highest BCUT2D eigenvalue weighted by Crippen LogP contribution is 2.34.